The van der Waals surface area contributed by atoms with Crippen LogP contribution in [0, 0.1) is 10.1 Å². The van der Waals surface area contributed by atoms with Crippen LogP contribution in [0.3, 0.4) is 0 Å². The molecule has 5 rings (SSSR count). The second kappa shape index (κ2) is 8.24. The summed E-state index contributed by atoms with van der Waals surface area (Å²) in [4.78, 5) is 17.6. The number of nitro benzene ring substituents is 1. The molecule has 0 unspecified atom stereocenters. The van der Waals surface area contributed by atoms with Gasteiger partial charge in [0.25, 0.3) is 5.69 Å². The Labute approximate surface area is 189 Å². The largest absolute Gasteiger partial charge is 0.459 e. The number of rotatable bonds is 5. The molecule has 4 aromatic rings. The van der Waals surface area contributed by atoms with Crippen molar-refractivity contribution in [3.05, 3.63) is 113 Å². The van der Waals surface area contributed by atoms with E-state index >= 15 is 0 Å². The lowest BCUT2D eigenvalue weighted by atomic mass is 10.0. The van der Waals surface area contributed by atoms with Crippen molar-refractivity contribution >= 4 is 28.7 Å². The van der Waals surface area contributed by atoms with Crippen molar-refractivity contribution in [2.45, 2.75) is 12.1 Å². The van der Waals surface area contributed by atoms with Gasteiger partial charge in [-0.1, -0.05) is 36.4 Å². The van der Waals surface area contributed by atoms with E-state index in [-0.39, 0.29) is 17.8 Å². The number of thiocarbonyl (C=S) groups is 1. The lowest BCUT2D eigenvalue weighted by Crippen LogP contribution is -2.29. The number of para-hydroxylation sites is 2. The van der Waals surface area contributed by atoms with Crippen LogP contribution in [0.4, 0.5) is 11.4 Å². The van der Waals surface area contributed by atoms with E-state index in [0.29, 0.717) is 22.2 Å². The molecule has 0 radical (unpaired) electrons. The van der Waals surface area contributed by atoms with Gasteiger partial charge in [-0.15, -0.1) is 0 Å². The Bertz CT molecular complexity index is 1280. The summed E-state index contributed by atoms with van der Waals surface area (Å²) in [6.45, 7) is 0. The maximum absolute atomic E-state index is 11.5. The van der Waals surface area contributed by atoms with Gasteiger partial charge in [0.15, 0.2) is 5.11 Å². The van der Waals surface area contributed by atoms with Crippen molar-refractivity contribution in [3.63, 3.8) is 0 Å². The number of anilines is 1. The van der Waals surface area contributed by atoms with Crippen LogP contribution in [0.5, 0.6) is 0 Å². The summed E-state index contributed by atoms with van der Waals surface area (Å²) >= 11 is 5.69. The Hall–Kier alpha value is -4.04. The van der Waals surface area contributed by atoms with Gasteiger partial charge < -0.3 is 14.6 Å². The van der Waals surface area contributed by atoms with Gasteiger partial charge in [-0.25, -0.2) is 0 Å². The van der Waals surface area contributed by atoms with Crippen molar-refractivity contribution in [2.75, 3.05) is 4.90 Å². The molecule has 1 fully saturated rings. The molecule has 0 aliphatic carbocycles. The number of aromatic nitrogens is 1. The average molecular weight is 443 g/mol. The van der Waals surface area contributed by atoms with E-state index in [9.17, 15) is 10.1 Å². The number of nitro groups is 1. The molecule has 1 aliphatic rings. The number of pyridine rings is 1. The monoisotopic (exact) mass is 442 g/mol. The van der Waals surface area contributed by atoms with Gasteiger partial charge in [0.05, 0.1) is 22.2 Å². The topological polar surface area (TPSA) is 84.4 Å². The maximum Gasteiger partial charge on any atom is 0.280 e. The van der Waals surface area contributed by atoms with Gasteiger partial charge in [0.1, 0.15) is 17.6 Å². The molecule has 0 amide bonds. The summed E-state index contributed by atoms with van der Waals surface area (Å²) in [6, 6.07) is 25.1. The van der Waals surface area contributed by atoms with Gasteiger partial charge in [0, 0.05) is 18.0 Å². The third-order valence-corrected chi connectivity index (χ3v) is 5.73. The second-order valence-electron chi connectivity index (χ2n) is 7.31. The molecule has 2 aromatic carbocycles. The molecule has 0 spiro atoms. The Morgan fingerprint density at radius 2 is 1.72 bits per heavy atom. The van der Waals surface area contributed by atoms with Crippen LogP contribution < -0.4 is 10.2 Å². The number of benzene rings is 2. The normalized spacial score (nSPS) is 17.9. The minimum absolute atomic E-state index is 0.00495. The summed E-state index contributed by atoms with van der Waals surface area (Å²) in [7, 11) is 0. The molecule has 2 aromatic heterocycles. The Morgan fingerprint density at radius 3 is 2.47 bits per heavy atom. The molecule has 32 heavy (non-hydrogen) atoms. The van der Waals surface area contributed by atoms with E-state index in [2.05, 4.69) is 10.3 Å². The highest BCUT2D eigenvalue weighted by atomic mass is 32.1. The summed E-state index contributed by atoms with van der Waals surface area (Å²) < 4.78 is 6.22. The van der Waals surface area contributed by atoms with Crippen molar-refractivity contribution in [1.82, 2.24) is 10.3 Å². The highest BCUT2D eigenvalue weighted by molar-refractivity contribution is 7.80. The predicted octanol–water partition coefficient (Wildman–Crippen LogP) is 5.43. The van der Waals surface area contributed by atoms with Crippen LogP contribution in [0.15, 0.2) is 95.5 Å². The van der Waals surface area contributed by atoms with E-state index in [0.717, 1.165) is 11.4 Å². The zero-order valence-corrected chi connectivity index (χ0v) is 17.6. The van der Waals surface area contributed by atoms with Crippen LogP contribution in [-0.4, -0.2) is 15.0 Å². The minimum Gasteiger partial charge on any atom is -0.459 e. The molecule has 0 saturated carbocycles. The summed E-state index contributed by atoms with van der Waals surface area (Å²) in [6.07, 6.45) is 1.74. The van der Waals surface area contributed by atoms with Crippen LogP contribution in [-0.2, 0) is 0 Å². The molecule has 1 aliphatic heterocycles. The van der Waals surface area contributed by atoms with Gasteiger partial charge >= 0.3 is 0 Å². The van der Waals surface area contributed by atoms with Crippen molar-refractivity contribution in [1.29, 1.82) is 0 Å². The van der Waals surface area contributed by atoms with Crippen molar-refractivity contribution < 1.29 is 9.34 Å². The zero-order chi connectivity index (χ0) is 22.1. The first-order chi connectivity index (χ1) is 15.6. The quantitative estimate of drug-likeness (QED) is 0.251. The van der Waals surface area contributed by atoms with Crippen LogP contribution in [0.25, 0.3) is 11.3 Å². The average Bonchev–Trinajstić information content (AvgIpc) is 3.44. The lowest BCUT2D eigenvalue weighted by Gasteiger charge is -2.26. The Morgan fingerprint density at radius 1 is 0.969 bits per heavy atom. The van der Waals surface area contributed by atoms with Crippen LogP contribution in [0.2, 0.25) is 0 Å². The van der Waals surface area contributed by atoms with E-state index in [1.165, 1.54) is 6.07 Å². The first kappa shape index (κ1) is 19.9. The van der Waals surface area contributed by atoms with Crippen molar-refractivity contribution in [2.24, 2.45) is 0 Å². The zero-order valence-electron chi connectivity index (χ0n) is 16.8. The highest BCUT2D eigenvalue weighted by Crippen LogP contribution is 2.43. The molecule has 1 N–H and O–H groups in total. The summed E-state index contributed by atoms with van der Waals surface area (Å²) in [5.41, 5.74) is 2.16. The van der Waals surface area contributed by atoms with E-state index in [1.807, 2.05) is 59.5 Å². The minimum atomic E-state index is -0.406. The van der Waals surface area contributed by atoms with E-state index < -0.39 is 4.92 Å². The first-order valence-electron chi connectivity index (χ1n) is 10.0. The fourth-order valence-corrected chi connectivity index (χ4v) is 4.35. The van der Waals surface area contributed by atoms with Gasteiger partial charge in [-0.2, -0.15) is 0 Å². The molecule has 158 valence electrons. The molecule has 8 heteroatoms. The number of hydrogen-bond acceptors (Lipinski definition) is 5. The Balaban J connectivity index is 1.61. The lowest BCUT2D eigenvalue weighted by molar-refractivity contribution is -0.384. The second-order valence-corrected chi connectivity index (χ2v) is 7.70. The smallest absolute Gasteiger partial charge is 0.280 e. The molecular weight excluding hydrogens is 424 g/mol. The highest BCUT2D eigenvalue weighted by Gasteiger charge is 2.42. The third-order valence-electron chi connectivity index (χ3n) is 5.42. The SMILES string of the molecule is O=[N+]([O-])c1ccccc1-c1ccc([C@@H]2[C@H](c3ccccn3)NC(=S)N2c2ccccc2)o1. The van der Waals surface area contributed by atoms with Crippen LogP contribution >= 0.6 is 12.2 Å². The molecule has 2 atom stereocenters. The maximum atomic E-state index is 11.5. The molecule has 3 heterocycles. The van der Waals surface area contributed by atoms with E-state index in [4.69, 9.17) is 16.6 Å². The van der Waals surface area contributed by atoms with Crippen molar-refractivity contribution in [3.8, 4) is 11.3 Å². The fourth-order valence-electron chi connectivity index (χ4n) is 4.01. The molecular formula is C24H18N4O3S. The van der Waals surface area contributed by atoms with Crippen LogP contribution in [0.1, 0.15) is 23.5 Å². The van der Waals surface area contributed by atoms with Gasteiger partial charge in [-0.05, 0) is 54.7 Å². The van der Waals surface area contributed by atoms with Gasteiger partial charge in [0.2, 0.25) is 0 Å². The number of furan rings is 1. The van der Waals surface area contributed by atoms with Gasteiger partial charge in [-0.3, -0.25) is 15.1 Å². The van der Waals surface area contributed by atoms with E-state index in [1.54, 1.807) is 30.5 Å². The molecule has 1 saturated heterocycles. The number of nitrogens with one attached hydrogen (secondary N) is 1. The fraction of sp³-hybridized carbons (Fsp3) is 0.0833. The number of nitrogens with zero attached hydrogens (tertiary/aromatic N) is 3. The predicted molar refractivity (Wildman–Crippen MR) is 125 cm³/mol. The third kappa shape index (κ3) is 3.50. The first-order valence-corrected chi connectivity index (χ1v) is 10.4. The standard InChI is InChI=1S/C24H18N4O3S/c29-28(30)19-12-5-4-10-17(19)20-13-14-21(31-20)23-22(18-11-6-7-15-25-18)26-24(32)27(23)16-8-2-1-3-9-16/h1-15,22-23H,(H,26,32)/t22-,23+/m0/s1. The summed E-state index contributed by atoms with van der Waals surface area (Å²) in [5.74, 6) is 1.06. The number of hydrogen-bond donors (Lipinski definition) is 1. The molecule has 7 nitrogen and oxygen atoms in total. The summed E-state index contributed by atoms with van der Waals surface area (Å²) in [5, 5.41) is 15.4. The molecule has 0 bridgehead atoms. The Kier molecular flexibility index (Phi) is 5.12.